The highest BCUT2D eigenvalue weighted by atomic mass is 32.1. The zero-order valence-corrected chi connectivity index (χ0v) is 14.6. The average Bonchev–Trinajstić information content (AvgIpc) is 3.23. The van der Waals surface area contributed by atoms with Crippen LogP contribution in [-0.2, 0) is 14.3 Å². The maximum atomic E-state index is 12.0. The normalized spacial score (nSPS) is 13.4. The summed E-state index contributed by atoms with van der Waals surface area (Å²) < 4.78 is 15.8. The van der Waals surface area contributed by atoms with E-state index >= 15 is 0 Å². The number of anilines is 1. The van der Waals surface area contributed by atoms with Gasteiger partial charge < -0.3 is 24.8 Å². The SMILES string of the molecule is COC(CNC(=O)C(=O)Nc1ccc2c(c1)OCO2)c1ccc(C)s1. The number of thiophene rings is 1. The number of ether oxygens (including phenoxy) is 3. The Balaban J connectivity index is 1.54. The molecule has 1 aromatic heterocycles. The molecule has 8 heteroatoms. The number of rotatable bonds is 5. The number of carbonyl (C=O) groups is 2. The molecule has 1 atom stereocenters. The van der Waals surface area contributed by atoms with Crippen molar-refractivity contribution in [3.63, 3.8) is 0 Å². The molecule has 3 rings (SSSR count). The number of fused-ring (bicyclic) bond motifs is 1. The third-order valence-electron chi connectivity index (χ3n) is 3.65. The molecule has 0 aliphatic carbocycles. The highest BCUT2D eigenvalue weighted by Crippen LogP contribution is 2.34. The van der Waals surface area contributed by atoms with E-state index in [1.807, 2.05) is 19.1 Å². The largest absolute Gasteiger partial charge is 0.454 e. The second-order valence-electron chi connectivity index (χ2n) is 5.40. The number of methoxy groups -OCH3 is 1. The van der Waals surface area contributed by atoms with Gasteiger partial charge in [0, 0.05) is 35.2 Å². The van der Waals surface area contributed by atoms with Crippen LogP contribution in [0.2, 0.25) is 0 Å². The van der Waals surface area contributed by atoms with Crippen LogP contribution in [0.4, 0.5) is 5.69 Å². The molecule has 0 saturated heterocycles. The fourth-order valence-electron chi connectivity index (χ4n) is 2.35. The van der Waals surface area contributed by atoms with Crippen LogP contribution >= 0.6 is 11.3 Å². The lowest BCUT2D eigenvalue weighted by molar-refractivity contribution is -0.136. The first kappa shape index (κ1) is 17.2. The van der Waals surface area contributed by atoms with Gasteiger partial charge in [-0.1, -0.05) is 0 Å². The summed E-state index contributed by atoms with van der Waals surface area (Å²) in [4.78, 5) is 26.2. The third-order valence-corrected chi connectivity index (χ3v) is 4.74. The number of hydrogen-bond donors (Lipinski definition) is 2. The molecule has 2 heterocycles. The molecule has 2 amide bonds. The first-order valence-corrected chi connectivity index (χ1v) is 8.46. The van der Waals surface area contributed by atoms with E-state index in [-0.39, 0.29) is 19.4 Å². The Morgan fingerprint density at radius 2 is 2.00 bits per heavy atom. The lowest BCUT2D eigenvalue weighted by Crippen LogP contribution is -2.37. The van der Waals surface area contributed by atoms with Crippen LogP contribution in [0.15, 0.2) is 30.3 Å². The fourth-order valence-corrected chi connectivity index (χ4v) is 3.31. The maximum absolute atomic E-state index is 12.0. The summed E-state index contributed by atoms with van der Waals surface area (Å²) in [5.41, 5.74) is 0.460. The van der Waals surface area contributed by atoms with Gasteiger partial charge in [-0.05, 0) is 31.2 Å². The van der Waals surface area contributed by atoms with Gasteiger partial charge in [0.05, 0.1) is 0 Å². The lowest BCUT2D eigenvalue weighted by atomic mass is 10.2. The van der Waals surface area contributed by atoms with Crippen molar-refractivity contribution in [2.75, 3.05) is 25.8 Å². The minimum atomic E-state index is -0.754. The van der Waals surface area contributed by atoms with Crippen molar-refractivity contribution < 1.29 is 23.8 Å². The summed E-state index contributed by atoms with van der Waals surface area (Å²) in [6.45, 7) is 2.36. The molecule has 1 aliphatic heterocycles. The van der Waals surface area contributed by atoms with Crippen molar-refractivity contribution in [1.82, 2.24) is 5.32 Å². The second-order valence-corrected chi connectivity index (χ2v) is 6.72. The first-order chi connectivity index (χ1) is 12.1. The fraction of sp³-hybridized carbons (Fsp3) is 0.294. The molecule has 0 bridgehead atoms. The van der Waals surface area contributed by atoms with E-state index < -0.39 is 11.8 Å². The Hall–Kier alpha value is -2.58. The molecule has 1 aromatic carbocycles. The second kappa shape index (κ2) is 7.54. The van der Waals surface area contributed by atoms with Crippen LogP contribution < -0.4 is 20.1 Å². The minimum absolute atomic E-state index is 0.147. The van der Waals surface area contributed by atoms with Gasteiger partial charge in [0.15, 0.2) is 11.5 Å². The van der Waals surface area contributed by atoms with Gasteiger partial charge >= 0.3 is 11.8 Å². The molecule has 1 unspecified atom stereocenters. The Morgan fingerprint density at radius 3 is 2.72 bits per heavy atom. The Morgan fingerprint density at radius 1 is 1.20 bits per heavy atom. The molecule has 132 valence electrons. The number of benzene rings is 1. The Labute approximate surface area is 148 Å². The van der Waals surface area contributed by atoms with Gasteiger partial charge in [-0.25, -0.2) is 0 Å². The molecule has 0 radical (unpaired) electrons. The highest BCUT2D eigenvalue weighted by molar-refractivity contribution is 7.12. The standard InChI is InChI=1S/C17H18N2O5S/c1-10-3-6-15(25-10)14(22-2)8-18-16(20)17(21)19-11-4-5-12-13(7-11)24-9-23-12/h3-7,14H,8-9H2,1-2H3,(H,18,20)(H,19,21). The van der Waals surface area contributed by atoms with Crippen molar-refractivity contribution in [1.29, 1.82) is 0 Å². The monoisotopic (exact) mass is 362 g/mol. The number of aryl methyl sites for hydroxylation is 1. The summed E-state index contributed by atoms with van der Waals surface area (Å²) in [6.07, 6.45) is -0.291. The van der Waals surface area contributed by atoms with E-state index in [0.29, 0.717) is 17.2 Å². The lowest BCUT2D eigenvalue weighted by Gasteiger charge is -2.14. The van der Waals surface area contributed by atoms with E-state index in [2.05, 4.69) is 10.6 Å². The molecule has 2 aromatic rings. The van der Waals surface area contributed by atoms with Gasteiger partial charge in [-0.15, -0.1) is 11.3 Å². The van der Waals surface area contributed by atoms with Gasteiger partial charge in [0.25, 0.3) is 0 Å². The van der Waals surface area contributed by atoms with Gasteiger partial charge in [-0.3, -0.25) is 9.59 Å². The average molecular weight is 362 g/mol. The topological polar surface area (TPSA) is 85.9 Å². The Kier molecular flexibility index (Phi) is 5.20. The van der Waals surface area contributed by atoms with Crippen LogP contribution in [0.3, 0.4) is 0 Å². The van der Waals surface area contributed by atoms with E-state index in [1.54, 1.807) is 36.6 Å². The third kappa shape index (κ3) is 4.09. The van der Waals surface area contributed by atoms with Crippen LogP contribution in [0.1, 0.15) is 15.9 Å². The van der Waals surface area contributed by atoms with Crippen LogP contribution in [0.5, 0.6) is 11.5 Å². The predicted octanol–water partition coefficient (Wildman–Crippen LogP) is 2.23. The van der Waals surface area contributed by atoms with Crippen LogP contribution in [-0.4, -0.2) is 32.3 Å². The van der Waals surface area contributed by atoms with Gasteiger partial charge in [0.2, 0.25) is 6.79 Å². The van der Waals surface area contributed by atoms with E-state index in [4.69, 9.17) is 14.2 Å². The van der Waals surface area contributed by atoms with E-state index in [1.165, 1.54) is 0 Å². The summed E-state index contributed by atoms with van der Waals surface area (Å²) in [6, 6.07) is 8.87. The van der Waals surface area contributed by atoms with E-state index in [0.717, 1.165) is 9.75 Å². The molecular weight excluding hydrogens is 344 g/mol. The number of hydrogen-bond acceptors (Lipinski definition) is 6. The zero-order valence-electron chi connectivity index (χ0n) is 13.8. The smallest absolute Gasteiger partial charge is 0.313 e. The molecule has 0 saturated carbocycles. The maximum Gasteiger partial charge on any atom is 0.313 e. The zero-order chi connectivity index (χ0) is 17.8. The molecule has 25 heavy (non-hydrogen) atoms. The van der Waals surface area contributed by atoms with Crippen molar-refractivity contribution in [2.45, 2.75) is 13.0 Å². The number of amides is 2. The van der Waals surface area contributed by atoms with Crippen molar-refractivity contribution in [3.8, 4) is 11.5 Å². The number of nitrogens with one attached hydrogen (secondary N) is 2. The summed E-state index contributed by atoms with van der Waals surface area (Å²) in [5, 5.41) is 5.12. The van der Waals surface area contributed by atoms with Crippen molar-refractivity contribution >= 4 is 28.8 Å². The molecule has 7 nitrogen and oxygen atoms in total. The molecular formula is C17H18N2O5S. The molecule has 2 N–H and O–H groups in total. The van der Waals surface area contributed by atoms with Gasteiger partial charge in [-0.2, -0.15) is 0 Å². The predicted molar refractivity (Wildman–Crippen MR) is 93.0 cm³/mol. The number of carbonyl (C=O) groups excluding carboxylic acids is 2. The quantitative estimate of drug-likeness (QED) is 0.797. The molecule has 0 spiro atoms. The van der Waals surface area contributed by atoms with Crippen LogP contribution in [0.25, 0.3) is 0 Å². The summed E-state index contributed by atoms with van der Waals surface area (Å²) in [7, 11) is 1.57. The summed E-state index contributed by atoms with van der Waals surface area (Å²) in [5.74, 6) is -0.341. The van der Waals surface area contributed by atoms with Crippen molar-refractivity contribution in [2.24, 2.45) is 0 Å². The van der Waals surface area contributed by atoms with E-state index in [9.17, 15) is 9.59 Å². The van der Waals surface area contributed by atoms with Crippen LogP contribution in [0, 0.1) is 6.92 Å². The molecule has 0 fully saturated rings. The molecule has 1 aliphatic rings. The van der Waals surface area contributed by atoms with Crippen molar-refractivity contribution in [3.05, 3.63) is 40.1 Å². The minimum Gasteiger partial charge on any atom is -0.454 e. The van der Waals surface area contributed by atoms with Gasteiger partial charge in [0.1, 0.15) is 6.10 Å². The Bertz CT molecular complexity index is 789. The highest BCUT2D eigenvalue weighted by Gasteiger charge is 2.19. The first-order valence-electron chi connectivity index (χ1n) is 7.65. The summed E-state index contributed by atoms with van der Waals surface area (Å²) >= 11 is 1.59.